The highest BCUT2D eigenvalue weighted by atomic mass is 16.1. The lowest BCUT2D eigenvalue weighted by Crippen LogP contribution is -2.21. The Labute approximate surface area is 91.1 Å². The van der Waals surface area contributed by atoms with Gasteiger partial charge in [-0.3, -0.25) is 0 Å². The van der Waals surface area contributed by atoms with Gasteiger partial charge in [-0.15, -0.1) is 0 Å². The molecule has 82 valence electrons. The van der Waals surface area contributed by atoms with Crippen molar-refractivity contribution in [2.45, 2.75) is 6.42 Å². The van der Waals surface area contributed by atoms with Crippen LogP contribution in [0, 0.1) is 0 Å². The summed E-state index contributed by atoms with van der Waals surface area (Å²) in [7, 11) is 4.08. The van der Waals surface area contributed by atoms with Crippen molar-refractivity contribution < 1.29 is 4.79 Å². The molecular formula is C12H18N2O. The van der Waals surface area contributed by atoms with Gasteiger partial charge in [0.15, 0.2) is 0 Å². The summed E-state index contributed by atoms with van der Waals surface area (Å²) in [5.74, 6) is 0. The van der Waals surface area contributed by atoms with E-state index in [9.17, 15) is 4.79 Å². The van der Waals surface area contributed by atoms with E-state index in [1.165, 1.54) is 0 Å². The third-order valence-electron chi connectivity index (χ3n) is 2.20. The van der Waals surface area contributed by atoms with Gasteiger partial charge in [-0.1, -0.05) is 18.2 Å². The Kier molecular flexibility index (Phi) is 4.84. The van der Waals surface area contributed by atoms with Crippen molar-refractivity contribution >= 4 is 12.0 Å². The Morgan fingerprint density at radius 1 is 1.33 bits per heavy atom. The predicted octanol–water partition coefficient (Wildman–Crippen LogP) is 1.40. The van der Waals surface area contributed by atoms with Gasteiger partial charge in [0.05, 0.1) is 0 Å². The number of para-hydroxylation sites is 1. The van der Waals surface area contributed by atoms with E-state index in [2.05, 4.69) is 10.2 Å². The van der Waals surface area contributed by atoms with Crippen LogP contribution >= 0.6 is 0 Å². The third kappa shape index (κ3) is 4.13. The molecule has 1 aromatic rings. The maximum absolute atomic E-state index is 10.5. The first-order valence-corrected chi connectivity index (χ1v) is 5.14. The van der Waals surface area contributed by atoms with Gasteiger partial charge in [-0.25, -0.2) is 0 Å². The molecule has 1 aromatic carbocycles. The molecular weight excluding hydrogens is 188 g/mol. The summed E-state index contributed by atoms with van der Waals surface area (Å²) in [6, 6.07) is 7.92. The van der Waals surface area contributed by atoms with Crippen molar-refractivity contribution in [2.24, 2.45) is 0 Å². The number of carbonyl (C=O) groups excluding carboxylic acids is 1. The molecule has 0 saturated heterocycles. The molecule has 3 nitrogen and oxygen atoms in total. The van der Waals surface area contributed by atoms with E-state index in [1.54, 1.807) is 0 Å². The highest BCUT2D eigenvalue weighted by Gasteiger charge is 1.99. The van der Waals surface area contributed by atoms with E-state index in [1.807, 2.05) is 38.4 Å². The maximum Gasteiger partial charge on any atom is 0.124 e. The van der Waals surface area contributed by atoms with Gasteiger partial charge in [-0.2, -0.15) is 0 Å². The number of anilines is 1. The van der Waals surface area contributed by atoms with Crippen LogP contribution in [0.1, 0.15) is 5.56 Å². The minimum atomic E-state index is 0.477. The molecule has 1 rings (SSSR count). The van der Waals surface area contributed by atoms with Crippen molar-refractivity contribution in [3.8, 4) is 0 Å². The minimum absolute atomic E-state index is 0.477. The Bertz CT molecular complexity index is 310. The van der Waals surface area contributed by atoms with Crippen molar-refractivity contribution in [1.82, 2.24) is 4.90 Å². The number of nitrogens with one attached hydrogen (secondary N) is 1. The highest BCUT2D eigenvalue weighted by molar-refractivity contribution is 5.62. The van der Waals surface area contributed by atoms with Gasteiger partial charge in [0.25, 0.3) is 0 Å². The molecule has 0 atom stereocenters. The topological polar surface area (TPSA) is 32.3 Å². The van der Waals surface area contributed by atoms with Crippen molar-refractivity contribution in [1.29, 1.82) is 0 Å². The number of benzene rings is 1. The van der Waals surface area contributed by atoms with E-state index in [4.69, 9.17) is 0 Å². The number of hydrogen-bond donors (Lipinski definition) is 1. The quantitative estimate of drug-likeness (QED) is 0.714. The van der Waals surface area contributed by atoms with E-state index >= 15 is 0 Å². The molecule has 0 fully saturated rings. The summed E-state index contributed by atoms with van der Waals surface area (Å²) < 4.78 is 0. The molecule has 0 amide bonds. The Morgan fingerprint density at radius 3 is 2.73 bits per heavy atom. The summed E-state index contributed by atoms with van der Waals surface area (Å²) >= 11 is 0. The Morgan fingerprint density at radius 2 is 2.07 bits per heavy atom. The van der Waals surface area contributed by atoms with Gasteiger partial charge in [0, 0.05) is 25.2 Å². The largest absolute Gasteiger partial charge is 0.384 e. The zero-order chi connectivity index (χ0) is 11.1. The molecule has 0 aliphatic heterocycles. The third-order valence-corrected chi connectivity index (χ3v) is 2.20. The maximum atomic E-state index is 10.5. The van der Waals surface area contributed by atoms with Crippen LogP contribution in [0.5, 0.6) is 0 Å². The molecule has 0 radical (unpaired) electrons. The first kappa shape index (κ1) is 11.7. The van der Waals surface area contributed by atoms with Crippen LogP contribution < -0.4 is 5.32 Å². The van der Waals surface area contributed by atoms with Crippen molar-refractivity contribution in [2.75, 3.05) is 32.5 Å². The summed E-state index contributed by atoms with van der Waals surface area (Å²) in [5, 5.41) is 3.33. The fourth-order valence-corrected chi connectivity index (χ4v) is 1.37. The van der Waals surface area contributed by atoms with Crippen LogP contribution in [-0.2, 0) is 11.2 Å². The number of carbonyl (C=O) groups is 1. The lowest BCUT2D eigenvalue weighted by atomic mass is 10.1. The molecule has 0 heterocycles. The van der Waals surface area contributed by atoms with Gasteiger partial charge in [0.2, 0.25) is 0 Å². The standard InChI is InChI=1S/C12H18N2O/c1-14(2)9-8-13-12-6-4-3-5-11(12)7-10-15/h3-6,10,13H,7-9H2,1-2H3. The molecule has 0 aliphatic rings. The number of rotatable bonds is 6. The van der Waals surface area contributed by atoms with Crippen molar-refractivity contribution in [3.63, 3.8) is 0 Å². The lowest BCUT2D eigenvalue weighted by molar-refractivity contribution is -0.107. The molecule has 0 saturated carbocycles. The van der Waals surface area contributed by atoms with Crippen LogP contribution in [-0.4, -0.2) is 38.4 Å². The van der Waals surface area contributed by atoms with Crippen LogP contribution in [0.3, 0.4) is 0 Å². The average molecular weight is 206 g/mol. The molecule has 0 aromatic heterocycles. The Balaban J connectivity index is 2.55. The van der Waals surface area contributed by atoms with Gasteiger partial charge in [-0.05, 0) is 25.7 Å². The summed E-state index contributed by atoms with van der Waals surface area (Å²) in [4.78, 5) is 12.6. The van der Waals surface area contributed by atoms with E-state index < -0.39 is 0 Å². The van der Waals surface area contributed by atoms with Crippen LogP contribution in [0.25, 0.3) is 0 Å². The lowest BCUT2D eigenvalue weighted by Gasteiger charge is -2.13. The summed E-state index contributed by atoms with van der Waals surface area (Å²) in [6.07, 6.45) is 1.41. The second-order valence-electron chi connectivity index (χ2n) is 3.76. The smallest absolute Gasteiger partial charge is 0.124 e. The van der Waals surface area contributed by atoms with Gasteiger partial charge in [0.1, 0.15) is 6.29 Å². The summed E-state index contributed by atoms with van der Waals surface area (Å²) in [6.45, 7) is 1.87. The number of aldehydes is 1. The zero-order valence-corrected chi connectivity index (χ0v) is 9.36. The zero-order valence-electron chi connectivity index (χ0n) is 9.36. The molecule has 0 aliphatic carbocycles. The second-order valence-corrected chi connectivity index (χ2v) is 3.76. The highest BCUT2D eigenvalue weighted by Crippen LogP contribution is 2.14. The van der Waals surface area contributed by atoms with Crippen LogP contribution in [0.4, 0.5) is 5.69 Å². The second kappa shape index (κ2) is 6.19. The average Bonchev–Trinajstić information content (AvgIpc) is 2.20. The summed E-state index contributed by atoms with van der Waals surface area (Å²) in [5.41, 5.74) is 2.12. The first-order chi connectivity index (χ1) is 7.24. The normalized spacial score (nSPS) is 10.3. The fourth-order valence-electron chi connectivity index (χ4n) is 1.37. The molecule has 0 bridgehead atoms. The van der Waals surface area contributed by atoms with Gasteiger partial charge < -0.3 is 15.0 Å². The van der Waals surface area contributed by atoms with E-state index in [0.29, 0.717) is 6.42 Å². The molecule has 15 heavy (non-hydrogen) atoms. The molecule has 3 heteroatoms. The number of likely N-dealkylation sites (N-methyl/N-ethyl adjacent to an activating group) is 1. The van der Waals surface area contributed by atoms with Crippen LogP contribution in [0.2, 0.25) is 0 Å². The fraction of sp³-hybridized carbons (Fsp3) is 0.417. The molecule has 0 spiro atoms. The van der Waals surface area contributed by atoms with Gasteiger partial charge >= 0.3 is 0 Å². The predicted molar refractivity (Wildman–Crippen MR) is 63.3 cm³/mol. The first-order valence-electron chi connectivity index (χ1n) is 5.14. The van der Waals surface area contributed by atoms with Crippen LogP contribution in [0.15, 0.2) is 24.3 Å². The minimum Gasteiger partial charge on any atom is -0.384 e. The monoisotopic (exact) mass is 206 g/mol. The SMILES string of the molecule is CN(C)CCNc1ccccc1CC=O. The molecule has 1 N–H and O–H groups in total. The van der Waals surface area contributed by atoms with E-state index in [0.717, 1.165) is 30.6 Å². The Hall–Kier alpha value is -1.35. The number of nitrogens with zero attached hydrogens (tertiary/aromatic N) is 1. The van der Waals surface area contributed by atoms with Crippen molar-refractivity contribution in [3.05, 3.63) is 29.8 Å². The van der Waals surface area contributed by atoms with E-state index in [-0.39, 0.29) is 0 Å². The number of hydrogen-bond acceptors (Lipinski definition) is 3. The molecule has 0 unspecified atom stereocenters.